The number of ether oxygens (including phenoxy) is 1. The summed E-state index contributed by atoms with van der Waals surface area (Å²) in [6.45, 7) is 6.17. The minimum atomic E-state index is 0.658. The van der Waals surface area contributed by atoms with Gasteiger partial charge in [-0.3, -0.25) is 4.90 Å². The summed E-state index contributed by atoms with van der Waals surface area (Å²) < 4.78 is 5.24. The fraction of sp³-hybridized carbons (Fsp3) is 0.538. The lowest BCUT2D eigenvalue weighted by molar-refractivity contribution is -0.0660. The van der Waals surface area contributed by atoms with Gasteiger partial charge >= 0.3 is 0 Å². The van der Waals surface area contributed by atoms with Crippen LogP contribution in [0, 0.1) is 0 Å². The Morgan fingerprint density at radius 3 is 2.35 bits per heavy atom. The molecule has 1 aromatic rings. The largest absolute Gasteiger partial charge is 0.397 e. The number of piperazine rings is 1. The average Bonchev–Trinajstić information content (AvgIpc) is 2.29. The predicted molar refractivity (Wildman–Crippen MR) is 69.2 cm³/mol. The number of nitrogens with zero attached hydrogens (tertiary/aromatic N) is 2. The van der Waals surface area contributed by atoms with Gasteiger partial charge in [0.15, 0.2) is 0 Å². The van der Waals surface area contributed by atoms with Crippen LogP contribution in [0.1, 0.15) is 0 Å². The third kappa shape index (κ3) is 2.10. The Kier molecular flexibility index (Phi) is 2.91. The summed E-state index contributed by atoms with van der Waals surface area (Å²) in [4.78, 5) is 4.91. The minimum Gasteiger partial charge on any atom is -0.397 e. The van der Waals surface area contributed by atoms with Crippen molar-refractivity contribution in [1.82, 2.24) is 4.90 Å². The number of anilines is 2. The summed E-state index contributed by atoms with van der Waals surface area (Å²) in [6, 6.07) is 8.78. The molecule has 0 amide bonds. The second-order valence-corrected chi connectivity index (χ2v) is 4.77. The molecule has 3 rings (SSSR count). The van der Waals surface area contributed by atoms with Gasteiger partial charge in [-0.05, 0) is 12.1 Å². The molecular formula is C13H19N3O. The van der Waals surface area contributed by atoms with Gasteiger partial charge in [-0.1, -0.05) is 12.1 Å². The van der Waals surface area contributed by atoms with E-state index in [0.717, 1.165) is 45.1 Å². The Bertz CT molecular complexity index is 384. The van der Waals surface area contributed by atoms with Crippen molar-refractivity contribution in [2.24, 2.45) is 0 Å². The van der Waals surface area contributed by atoms with E-state index in [4.69, 9.17) is 10.5 Å². The molecule has 92 valence electrons. The summed E-state index contributed by atoms with van der Waals surface area (Å²) in [6.07, 6.45) is 0. The maximum atomic E-state index is 6.01. The van der Waals surface area contributed by atoms with Gasteiger partial charge in [-0.25, -0.2) is 0 Å². The highest BCUT2D eigenvalue weighted by Crippen LogP contribution is 2.24. The molecule has 2 fully saturated rings. The first-order valence-corrected chi connectivity index (χ1v) is 6.26. The number of benzene rings is 1. The van der Waals surface area contributed by atoms with E-state index in [1.54, 1.807) is 0 Å². The lowest BCUT2D eigenvalue weighted by Crippen LogP contribution is -2.56. The molecule has 0 aromatic heterocycles. The molecule has 0 spiro atoms. The molecule has 2 saturated heterocycles. The van der Waals surface area contributed by atoms with Gasteiger partial charge in [0.05, 0.1) is 30.6 Å². The fourth-order valence-electron chi connectivity index (χ4n) is 2.54. The van der Waals surface area contributed by atoms with Gasteiger partial charge < -0.3 is 15.4 Å². The van der Waals surface area contributed by atoms with Crippen molar-refractivity contribution in [3.63, 3.8) is 0 Å². The van der Waals surface area contributed by atoms with Crippen LogP contribution in [-0.4, -0.2) is 50.3 Å². The van der Waals surface area contributed by atoms with Gasteiger partial charge in [-0.2, -0.15) is 0 Å². The Labute approximate surface area is 102 Å². The van der Waals surface area contributed by atoms with E-state index in [1.165, 1.54) is 5.69 Å². The van der Waals surface area contributed by atoms with Crippen molar-refractivity contribution in [3.8, 4) is 0 Å². The molecule has 2 aliphatic heterocycles. The van der Waals surface area contributed by atoms with Crippen LogP contribution in [0.4, 0.5) is 11.4 Å². The lowest BCUT2D eigenvalue weighted by atomic mass is 10.1. The smallest absolute Gasteiger partial charge is 0.0645 e. The van der Waals surface area contributed by atoms with Crippen LogP contribution in [0.3, 0.4) is 0 Å². The third-order valence-electron chi connectivity index (χ3n) is 3.73. The molecule has 4 heteroatoms. The third-order valence-corrected chi connectivity index (χ3v) is 3.73. The van der Waals surface area contributed by atoms with Gasteiger partial charge in [0.25, 0.3) is 0 Å². The number of hydrogen-bond donors (Lipinski definition) is 1. The van der Waals surface area contributed by atoms with Gasteiger partial charge in [0.1, 0.15) is 0 Å². The zero-order chi connectivity index (χ0) is 11.7. The van der Waals surface area contributed by atoms with Crippen LogP contribution in [0.15, 0.2) is 24.3 Å². The van der Waals surface area contributed by atoms with Crippen LogP contribution in [0.5, 0.6) is 0 Å². The maximum Gasteiger partial charge on any atom is 0.0645 e. The summed E-state index contributed by atoms with van der Waals surface area (Å²) in [5.74, 6) is 0. The predicted octanol–water partition coefficient (Wildman–Crippen LogP) is 0.790. The first kappa shape index (κ1) is 10.9. The molecule has 0 aliphatic carbocycles. The topological polar surface area (TPSA) is 41.7 Å². The number of hydrogen-bond acceptors (Lipinski definition) is 4. The highest BCUT2D eigenvalue weighted by atomic mass is 16.5. The van der Waals surface area contributed by atoms with E-state index in [0.29, 0.717) is 6.04 Å². The van der Waals surface area contributed by atoms with Crippen LogP contribution in [0.2, 0.25) is 0 Å². The maximum absolute atomic E-state index is 6.01. The van der Waals surface area contributed by atoms with E-state index in [9.17, 15) is 0 Å². The van der Waals surface area contributed by atoms with Crippen LogP contribution < -0.4 is 10.6 Å². The number of para-hydroxylation sites is 2. The Morgan fingerprint density at radius 1 is 1.06 bits per heavy atom. The number of rotatable bonds is 2. The SMILES string of the molecule is Nc1ccccc1N1CCN(C2COC2)CC1. The molecule has 0 radical (unpaired) electrons. The zero-order valence-corrected chi connectivity index (χ0v) is 10.0. The fourth-order valence-corrected chi connectivity index (χ4v) is 2.54. The standard InChI is InChI=1S/C13H19N3O/c14-12-3-1-2-4-13(12)16-7-5-15(6-8-16)11-9-17-10-11/h1-4,11H,5-10,14H2. The Balaban J connectivity index is 1.63. The highest BCUT2D eigenvalue weighted by molar-refractivity contribution is 5.67. The second-order valence-electron chi connectivity index (χ2n) is 4.77. The van der Waals surface area contributed by atoms with Gasteiger partial charge in [-0.15, -0.1) is 0 Å². The Hall–Kier alpha value is -1.26. The summed E-state index contributed by atoms with van der Waals surface area (Å²) in [5.41, 5.74) is 8.07. The van der Waals surface area contributed by atoms with E-state index in [1.807, 2.05) is 12.1 Å². The first-order chi connectivity index (χ1) is 8.34. The Morgan fingerprint density at radius 2 is 1.76 bits per heavy atom. The molecule has 0 unspecified atom stereocenters. The summed E-state index contributed by atoms with van der Waals surface area (Å²) >= 11 is 0. The lowest BCUT2D eigenvalue weighted by Gasteiger charge is -2.43. The summed E-state index contributed by atoms with van der Waals surface area (Å²) in [7, 11) is 0. The molecular weight excluding hydrogens is 214 g/mol. The molecule has 0 bridgehead atoms. The van der Waals surface area contributed by atoms with E-state index in [2.05, 4.69) is 21.9 Å². The van der Waals surface area contributed by atoms with E-state index >= 15 is 0 Å². The molecule has 0 saturated carbocycles. The quantitative estimate of drug-likeness (QED) is 0.767. The van der Waals surface area contributed by atoms with Crippen molar-refractivity contribution in [1.29, 1.82) is 0 Å². The number of nitrogens with two attached hydrogens (primary N) is 1. The van der Waals surface area contributed by atoms with Crippen molar-refractivity contribution in [3.05, 3.63) is 24.3 Å². The van der Waals surface area contributed by atoms with Crippen molar-refractivity contribution < 1.29 is 4.74 Å². The summed E-state index contributed by atoms with van der Waals surface area (Å²) in [5, 5.41) is 0. The normalized spacial score (nSPS) is 22.5. The van der Waals surface area contributed by atoms with Crippen molar-refractivity contribution in [2.45, 2.75) is 6.04 Å². The van der Waals surface area contributed by atoms with Crippen LogP contribution in [-0.2, 0) is 4.74 Å². The second kappa shape index (κ2) is 4.55. The molecule has 1 aromatic carbocycles. The van der Waals surface area contributed by atoms with Crippen molar-refractivity contribution in [2.75, 3.05) is 50.0 Å². The van der Waals surface area contributed by atoms with Crippen molar-refractivity contribution >= 4 is 11.4 Å². The monoisotopic (exact) mass is 233 g/mol. The molecule has 17 heavy (non-hydrogen) atoms. The van der Waals surface area contributed by atoms with Gasteiger partial charge in [0.2, 0.25) is 0 Å². The molecule has 2 N–H and O–H groups in total. The zero-order valence-electron chi connectivity index (χ0n) is 10.0. The molecule has 0 atom stereocenters. The molecule has 2 heterocycles. The van der Waals surface area contributed by atoms with E-state index < -0.39 is 0 Å². The molecule has 2 aliphatic rings. The van der Waals surface area contributed by atoms with Gasteiger partial charge in [0, 0.05) is 26.2 Å². The highest BCUT2D eigenvalue weighted by Gasteiger charge is 2.29. The number of nitrogen functional groups attached to an aromatic ring is 1. The van der Waals surface area contributed by atoms with Crippen LogP contribution >= 0.6 is 0 Å². The van der Waals surface area contributed by atoms with E-state index in [-0.39, 0.29) is 0 Å². The minimum absolute atomic E-state index is 0.658. The first-order valence-electron chi connectivity index (χ1n) is 6.26. The van der Waals surface area contributed by atoms with Crippen LogP contribution in [0.25, 0.3) is 0 Å². The molecule has 4 nitrogen and oxygen atoms in total. The average molecular weight is 233 g/mol.